The highest BCUT2D eigenvalue weighted by atomic mass is 19.1. The number of rotatable bonds is 6. The summed E-state index contributed by atoms with van der Waals surface area (Å²) in [4.78, 5) is 42.7. The number of fused-ring (bicyclic) bond motifs is 4. The van der Waals surface area contributed by atoms with Crippen LogP contribution in [0.15, 0.2) is 84.9 Å². The summed E-state index contributed by atoms with van der Waals surface area (Å²) in [5.41, 5.74) is 4.18. The van der Waals surface area contributed by atoms with Gasteiger partial charge < -0.3 is 9.64 Å². The molecule has 0 spiro atoms. The molecule has 0 saturated carbocycles. The van der Waals surface area contributed by atoms with Crippen LogP contribution in [0.2, 0.25) is 0 Å². The second kappa shape index (κ2) is 18.5. The van der Waals surface area contributed by atoms with Crippen LogP contribution in [-0.4, -0.2) is 78.9 Å². The lowest BCUT2D eigenvalue weighted by Gasteiger charge is -2.30. The van der Waals surface area contributed by atoms with Gasteiger partial charge in [-0.25, -0.2) is 9.18 Å². The van der Waals surface area contributed by atoms with E-state index >= 15 is 0 Å². The van der Waals surface area contributed by atoms with Crippen LogP contribution in [0.3, 0.4) is 0 Å². The van der Waals surface area contributed by atoms with Crippen molar-refractivity contribution < 1.29 is 18.8 Å². The summed E-state index contributed by atoms with van der Waals surface area (Å²) in [6, 6.07) is 27.2. The molecule has 0 radical (unpaired) electrons. The quantitative estimate of drug-likeness (QED) is 0.120. The standard InChI is InChI=1S/C40H47FN8O4/c1-40(2,3)53-39(50)48-19-8-18-45(20-17-42)27-34-12-6-14-36(43-34)29-47(26-31-9-4-11-33(41)23-31)30-37-15-7-13-35(44-37)28-46(21-22-48)25-32-10-5-16-38(24-32)49(51)52/h4-7,9-16,23-24H,8,18-22,25-30H2,1-3H3. The fourth-order valence-electron chi connectivity index (χ4n) is 6.31. The van der Waals surface area contributed by atoms with Crippen molar-refractivity contribution in [3.05, 3.63) is 135 Å². The molecule has 53 heavy (non-hydrogen) atoms. The Labute approximate surface area is 310 Å². The lowest BCUT2D eigenvalue weighted by Crippen LogP contribution is -2.42. The first-order valence-corrected chi connectivity index (χ1v) is 17.8. The van der Waals surface area contributed by atoms with E-state index in [2.05, 4.69) is 15.9 Å². The number of amides is 1. The van der Waals surface area contributed by atoms with Crippen LogP contribution in [-0.2, 0) is 44.0 Å². The molecule has 0 atom stereocenters. The minimum absolute atomic E-state index is 0.00957. The molecule has 0 N–H and O–H groups in total. The molecule has 1 aliphatic heterocycles. The van der Waals surface area contributed by atoms with E-state index < -0.39 is 16.6 Å². The van der Waals surface area contributed by atoms with Gasteiger partial charge >= 0.3 is 6.09 Å². The van der Waals surface area contributed by atoms with E-state index in [1.54, 1.807) is 23.1 Å². The number of carbonyl (C=O) groups excluding carboxylic acids is 1. The number of hydrogen-bond acceptors (Lipinski definition) is 10. The van der Waals surface area contributed by atoms with E-state index in [0.717, 1.165) is 33.9 Å². The number of nitro benzene ring substituents is 1. The number of aromatic nitrogens is 2. The van der Waals surface area contributed by atoms with Crippen LogP contribution in [0.25, 0.3) is 0 Å². The van der Waals surface area contributed by atoms with Crippen molar-refractivity contribution in [3.63, 3.8) is 0 Å². The number of ether oxygens (including phenoxy) is 1. The van der Waals surface area contributed by atoms with E-state index in [9.17, 15) is 24.6 Å². The van der Waals surface area contributed by atoms with E-state index in [1.165, 1.54) is 18.2 Å². The second-order valence-corrected chi connectivity index (χ2v) is 14.3. The zero-order chi connectivity index (χ0) is 37.8. The van der Waals surface area contributed by atoms with E-state index in [4.69, 9.17) is 14.7 Å². The van der Waals surface area contributed by atoms with Gasteiger partial charge in [0.15, 0.2) is 0 Å². The van der Waals surface area contributed by atoms with Crippen molar-refractivity contribution in [1.82, 2.24) is 29.6 Å². The third-order valence-corrected chi connectivity index (χ3v) is 8.63. The minimum Gasteiger partial charge on any atom is -0.444 e. The van der Waals surface area contributed by atoms with Gasteiger partial charge in [-0.15, -0.1) is 0 Å². The van der Waals surface area contributed by atoms with Gasteiger partial charge in [0.1, 0.15) is 11.4 Å². The first-order valence-electron chi connectivity index (χ1n) is 17.8. The van der Waals surface area contributed by atoms with Crippen LogP contribution >= 0.6 is 0 Å². The Bertz CT molecular complexity index is 1890. The molecule has 1 amide bonds. The molecule has 3 heterocycles. The zero-order valence-corrected chi connectivity index (χ0v) is 30.7. The predicted octanol–water partition coefficient (Wildman–Crippen LogP) is 6.69. The maximum atomic E-state index is 14.2. The molecular formula is C40H47FN8O4. The summed E-state index contributed by atoms with van der Waals surface area (Å²) >= 11 is 0. The van der Waals surface area contributed by atoms with Gasteiger partial charge in [-0.2, -0.15) is 5.26 Å². The monoisotopic (exact) mass is 722 g/mol. The Kier molecular flexibility index (Phi) is 13.6. The van der Waals surface area contributed by atoms with Crippen molar-refractivity contribution in [2.75, 3.05) is 32.7 Å². The number of nitrogens with zero attached hydrogens (tertiary/aromatic N) is 8. The van der Waals surface area contributed by atoms with Gasteiger partial charge in [0.2, 0.25) is 0 Å². The largest absolute Gasteiger partial charge is 0.444 e. The predicted molar refractivity (Wildman–Crippen MR) is 198 cm³/mol. The van der Waals surface area contributed by atoms with Crippen LogP contribution in [0.1, 0.15) is 61.1 Å². The van der Waals surface area contributed by atoms with Gasteiger partial charge in [-0.3, -0.25) is 34.8 Å². The number of halogens is 1. The van der Waals surface area contributed by atoms with E-state index in [0.29, 0.717) is 71.9 Å². The fraction of sp³-hybridized carbons (Fsp3) is 0.400. The molecule has 1 aliphatic rings. The Morgan fingerprint density at radius 2 is 1.34 bits per heavy atom. The summed E-state index contributed by atoms with van der Waals surface area (Å²) in [6.07, 6.45) is 0.162. The van der Waals surface area contributed by atoms with Crippen molar-refractivity contribution >= 4 is 11.8 Å². The van der Waals surface area contributed by atoms with E-state index in [-0.39, 0.29) is 18.0 Å². The Hall–Kier alpha value is -5.29. The van der Waals surface area contributed by atoms with Crippen LogP contribution in [0.4, 0.5) is 14.9 Å². The van der Waals surface area contributed by atoms with Crippen LogP contribution in [0.5, 0.6) is 0 Å². The van der Waals surface area contributed by atoms with Crippen molar-refractivity contribution in [1.29, 1.82) is 5.26 Å². The van der Waals surface area contributed by atoms with Crippen molar-refractivity contribution in [2.24, 2.45) is 0 Å². The topological polar surface area (TPSA) is 132 Å². The number of benzene rings is 2. The number of pyridine rings is 2. The number of nitriles is 1. The molecule has 13 heteroatoms. The molecule has 5 rings (SSSR count). The highest BCUT2D eigenvalue weighted by molar-refractivity contribution is 5.68. The molecular weight excluding hydrogens is 675 g/mol. The highest BCUT2D eigenvalue weighted by Crippen LogP contribution is 2.19. The molecule has 2 aromatic heterocycles. The first kappa shape index (κ1) is 38.9. The van der Waals surface area contributed by atoms with Gasteiger partial charge in [-0.05, 0) is 74.7 Å². The summed E-state index contributed by atoms with van der Waals surface area (Å²) in [5.74, 6) is -0.299. The van der Waals surface area contributed by atoms with Gasteiger partial charge in [0.05, 0.1) is 40.3 Å². The molecule has 2 aromatic carbocycles. The fourth-order valence-corrected chi connectivity index (χ4v) is 6.31. The number of non-ortho nitro benzene ring substituents is 1. The number of nitro groups is 1. The van der Waals surface area contributed by atoms with Crippen LogP contribution < -0.4 is 0 Å². The molecule has 12 nitrogen and oxygen atoms in total. The maximum absolute atomic E-state index is 14.2. The SMILES string of the molecule is CC(C)(C)OC(=O)N1CCCN(CC#N)Cc2cccc(n2)CN(Cc2cccc(F)c2)Cc2cccc(n2)CN(Cc2cccc([N+](=O)[O-])c2)CC1. The molecule has 0 unspecified atom stereocenters. The maximum Gasteiger partial charge on any atom is 0.410 e. The van der Waals surface area contributed by atoms with Gasteiger partial charge in [0, 0.05) is 77.6 Å². The van der Waals surface area contributed by atoms with Gasteiger partial charge in [-0.1, -0.05) is 36.4 Å². The van der Waals surface area contributed by atoms with Crippen molar-refractivity contribution in [3.8, 4) is 6.07 Å². The Morgan fingerprint density at radius 3 is 1.92 bits per heavy atom. The molecule has 278 valence electrons. The Morgan fingerprint density at radius 1 is 0.792 bits per heavy atom. The van der Waals surface area contributed by atoms with Crippen molar-refractivity contribution in [2.45, 2.75) is 72.1 Å². The average molecular weight is 723 g/mol. The molecule has 0 aliphatic carbocycles. The summed E-state index contributed by atoms with van der Waals surface area (Å²) in [6.45, 7) is 10.1. The normalized spacial score (nSPS) is 15.8. The zero-order valence-electron chi connectivity index (χ0n) is 30.7. The lowest BCUT2D eigenvalue weighted by molar-refractivity contribution is -0.384. The number of carbonyl (C=O) groups is 1. The third-order valence-electron chi connectivity index (χ3n) is 8.63. The molecule has 4 aromatic rings. The van der Waals surface area contributed by atoms with E-state index in [1.807, 2.05) is 74.2 Å². The third kappa shape index (κ3) is 12.7. The second-order valence-electron chi connectivity index (χ2n) is 14.3. The highest BCUT2D eigenvalue weighted by Gasteiger charge is 2.24. The summed E-state index contributed by atoms with van der Waals surface area (Å²) < 4.78 is 20.0. The molecule has 0 fully saturated rings. The molecule has 0 saturated heterocycles. The van der Waals surface area contributed by atoms with Gasteiger partial charge in [0.25, 0.3) is 5.69 Å². The lowest BCUT2D eigenvalue weighted by atomic mass is 10.1. The number of hydrogen-bond donors (Lipinski definition) is 0. The van der Waals surface area contributed by atoms with Crippen LogP contribution in [0, 0.1) is 27.3 Å². The summed E-state index contributed by atoms with van der Waals surface area (Å²) in [5, 5.41) is 21.2. The average Bonchev–Trinajstić information content (AvgIpc) is 3.09. The first-order chi connectivity index (χ1) is 25.4. The summed E-state index contributed by atoms with van der Waals surface area (Å²) in [7, 11) is 0. The smallest absolute Gasteiger partial charge is 0.410 e. The Balaban J connectivity index is 1.50. The minimum atomic E-state index is -0.694. The molecule has 4 bridgehead atoms.